The fraction of sp³-hybridized carbons (Fsp3) is 0.500. The lowest BCUT2D eigenvalue weighted by atomic mass is 10.2. The molecule has 0 aliphatic rings. The quantitative estimate of drug-likeness (QED) is 0.810. The average Bonchev–Trinajstić information content (AvgIpc) is 2.82. The molecule has 0 spiro atoms. The standard InChI is InChI=1S/C12H17N5O2/c1-8(4-3-7-18)14-11(19)10-15-12-13-6-5-9(2)17(12)16-10/h5-6,8,18H,3-4,7H2,1-2H3,(H,14,19). The van der Waals surface area contributed by atoms with E-state index in [0.29, 0.717) is 18.6 Å². The number of fused-ring (bicyclic) bond motifs is 1. The summed E-state index contributed by atoms with van der Waals surface area (Å²) in [5.74, 6) is 0.196. The first kappa shape index (κ1) is 13.4. The number of rotatable bonds is 5. The van der Waals surface area contributed by atoms with Crippen LogP contribution in [0.15, 0.2) is 12.3 Å². The number of carbonyl (C=O) groups excluding carboxylic acids is 1. The highest BCUT2D eigenvalue weighted by atomic mass is 16.3. The van der Waals surface area contributed by atoms with Crippen LogP contribution in [0.2, 0.25) is 0 Å². The van der Waals surface area contributed by atoms with Gasteiger partial charge in [-0.25, -0.2) is 9.50 Å². The van der Waals surface area contributed by atoms with Crippen LogP contribution in [0.4, 0.5) is 0 Å². The molecule has 102 valence electrons. The van der Waals surface area contributed by atoms with E-state index in [2.05, 4.69) is 20.4 Å². The van der Waals surface area contributed by atoms with Crippen LogP contribution < -0.4 is 5.32 Å². The van der Waals surface area contributed by atoms with E-state index >= 15 is 0 Å². The largest absolute Gasteiger partial charge is 0.396 e. The molecule has 0 aliphatic heterocycles. The van der Waals surface area contributed by atoms with Crippen molar-refractivity contribution in [2.75, 3.05) is 6.61 Å². The maximum absolute atomic E-state index is 12.0. The van der Waals surface area contributed by atoms with Gasteiger partial charge in [-0.1, -0.05) is 0 Å². The lowest BCUT2D eigenvalue weighted by molar-refractivity contribution is 0.0926. The van der Waals surface area contributed by atoms with E-state index < -0.39 is 0 Å². The molecule has 19 heavy (non-hydrogen) atoms. The number of hydrogen-bond donors (Lipinski definition) is 2. The van der Waals surface area contributed by atoms with Crippen LogP contribution in [-0.2, 0) is 0 Å². The van der Waals surface area contributed by atoms with Gasteiger partial charge in [-0.05, 0) is 32.8 Å². The molecule has 2 aromatic heterocycles. The summed E-state index contributed by atoms with van der Waals surface area (Å²) < 4.78 is 1.54. The molecule has 2 aromatic rings. The summed E-state index contributed by atoms with van der Waals surface area (Å²) in [7, 11) is 0. The summed E-state index contributed by atoms with van der Waals surface area (Å²) in [6.07, 6.45) is 3.00. The second kappa shape index (κ2) is 5.75. The molecule has 0 aliphatic carbocycles. The van der Waals surface area contributed by atoms with Gasteiger partial charge < -0.3 is 10.4 Å². The van der Waals surface area contributed by atoms with E-state index in [4.69, 9.17) is 5.11 Å². The number of nitrogens with zero attached hydrogens (tertiary/aromatic N) is 4. The van der Waals surface area contributed by atoms with Crippen LogP contribution >= 0.6 is 0 Å². The van der Waals surface area contributed by atoms with E-state index in [-0.39, 0.29) is 24.4 Å². The van der Waals surface area contributed by atoms with Crippen LogP contribution in [0.1, 0.15) is 36.1 Å². The molecule has 1 amide bonds. The molecule has 0 aromatic carbocycles. The van der Waals surface area contributed by atoms with Gasteiger partial charge in [0.05, 0.1) is 0 Å². The van der Waals surface area contributed by atoms with E-state index in [1.54, 1.807) is 12.3 Å². The normalized spacial score (nSPS) is 12.6. The molecule has 1 atom stereocenters. The Hall–Kier alpha value is -2.02. The molecule has 1 unspecified atom stereocenters. The third kappa shape index (κ3) is 3.05. The molecule has 2 rings (SSSR count). The average molecular weight is 263 g/mol. The van der Waals surface area contributed by atoms with Gasteiger partial charge in [0, 0.05) is 24.5 Å². The Bertz CT molecular complexity index is 581. The highest BCUT2D eigenvalue weighted by Gasteiger charge is 2.16. The van der Waals surface area contributed by atoms with E-state index in [9.17, 15) is 4.79 Å². The minimum absolute atomic E-state index is 0.0275. The van der Waals surface area contributed by atoms with Gasteiger partial charge in [0.1, 0.15) is 0 Å². The highest BCUT2D eigenvalue weighted by molar-refractivity contribution is 5.90. The highest BCUT2D eigenvalue weighted by Crippen LogP contribution is 2.03. The zero-order chi connectivity index (χ0) is 13.8. The predicted molar refractivity (Wildman–Crippen MR) is 68.8 cm³/mol. The lowest BCUT2D eigenvalue weighted by Gasteiger charge is -2.11. The number of nitrogens with one attached hydrogen (secondary N) is 1. The molecule has 2 N–H and O–H groups in total. The van der Waals surface area contributed by atoms with E-state index in [1.807, 2.05) is 13.8 Å². The first-order valence-corrected chi connectivity index (χ1v) is 6.22. The molecule has 0 radical (unpaired) electrons. The van der Waals surface area contributed by atoms with Crippen LogP contribution in [0, 0.1) is 6.92 Å². The van der Waals surface area contributed by atoms with Crippen molar-refractivity contribution in [1.29, 1.82) is 0 Å². The SMILES string of the molecule is Cc1ccnc2nc(C(=O)NC(C)CCCO)nn12. The van der Waals surface area contributed by atoms with Crippen molar-refractivity contribution < 1.29 is 9.90 Å². The second-order valence-electron chi connectivity index (χ2n) is 4.47. The Morgan fingerprint density at radius 1 is 1.58 bits per heavy atom. The first-order valence-electron chi connectivity index (χ1n) is 6.22. The Labute approximate surface area is 110 Å². The van der Waals surface area contributed by atoms with Crippen LogP contribution in [0.3, 0.4) is 0 Å². The number of aliphatic hydroxyl groups is 1. The van der Waals surface area contributed by atoms with Gasteiger partial charge in [-0.15, -0.1) is 5.10 Å². The minimum atomic E-state index is -0.324. The van der Waals surface area contributed by atoms with Crippen molar-refractivity contribution >= 4 is 11.7 Å². The Kier molecular flexibility index (Phi) is 4.06. The van der Waals surface area contributed by atoms with Crippen molar-refractivity contribution in [3.8, 4) is 0 Å². The smallest absolute Gasteiger partial charge is 0.291 e. The third-order valence-corrected chi connectivity index (χ3v) is 2.81. The monoisotopic (exact) mass is 263 g/mol. The van der Waals surface area contributed by atoms with Gasteiger partial charge in [-0.3, -0.25) is 4.79 Å². The number of aryl methyl sites for hydroxylation is 1. The van der Waals surface area contributed by atoms with E-state index in [1.165, 1.54) is 4.52 Å². The van der Waals surface area contributed by atoms with Crippen LogP contribution in [-0.4, -0.2) is 43.2 Å². The first-order chi connectivity index (χ1) is 9.11. The van der Waals surface area contributed by atoms with Crippen molar-refractivity contribution in [3.63, 3.8) is 0 Å². The van der Waals surface area contributed by atoms with Crippen molar-refractivity contribution in [3.05, 3.63) is 23.8 Å². The van der Waals surface area contributed by atoms with E-state index in [0.717, 1.165) is 5.69 Å². The van der Waals surface area contributed by atoms with Gasteiger partial charge >= 0.3 is 0 Å². The molecule has 0 saturated heterocycles. The molecular formula is C12H17N5O2. The van der Waals surface area contributed by atoms with Gasteiger partial charge in [0.25, 0.3) is 11.7 Å². The number of aliphatic hydroxyl groups excluding tert-OH is 1. The minimum Gasteiger partial charge on any atom is -0.396 e. The van der Waals surface area contributed by atoms with Gasteiger partial charge in [0.2, 0.25) is 5.82 Å². The zero-order valence-electron chi connectivity index (χ0n) is 11.0. The van der Waals surface area contributed by atoms with Crippen molar-refractivity contribution in [2.45, 2.75) is 32.7 Å². The maximum Gasteiger partial charge on any atom is 0.291 e. The molecule has 7 heteroatoms. The van der Waals surface area contributed by atoms with Crippen molar-refractivity contribution in [2.24, 2.45) is 0 Å². The fourth-order valence-electron chi connectivity index (χ4n) is 1.76. The predicted octanol–water partition coefficient (Wildman–Crippen LogP) is 0.324. The number of aromatic nitrogens is 4. The molecule has 0 fully saturated rings. The fourth-order valence-corrected chi connectivity index (χ4v) is 1.76. The van der Waals surface area contributed by atoms with Crippen LogP contribution in [0.5, 0.6) is 0 Å². The molecular weight excluding hydrogens is 246 g/mol. The summed E-state index contributed by atoms with van der Waals surface area (Å²) in [4.78, 5) is 20.1. The Morgan fingerprint density at radius 3 is 3.05 bits per heavy atom. The maximum atomic E-state index is 12.0. The number of amides is 1. The third-order valence-electron chi connectivity index (χ3n) is 2.81. The van der Waals surface area contributed by atoms with Gasteiger partial charge in [0.15, 0.2) is 0 Å². The molecule has 0 saturated carbocycles. The van der Waals surface area contributed by atoms with Gasteiger partial charge in [-0.2, -0.15) is 4.98 Å². The zero-order valence-corrected chi connectivity index (χ0v) is 11.0. The molecule has 2 heterocycles. The summed E-state index contributed by atoms with van der Waals surface area (Å²) in [5.41, 5.74) is 0.866. The Balaban J connectivity index is 2.11. The number of carbonyl (C=O) groups is 1. The summed E-state index contributed by atoms with van der Waals surface area (Å²) >= 11 is 0. The van der Waals surface area contributed by atoms with Crippen LogP contribution in [0.25, 0.3) is 5.78 Å². The van der Waals surface area contributed by atoms with Crippen molar-refractivity contribution in [1.82, 2.24) is 24.9 Å². The topological polar surface area (TPSA) is 92.4 Å². The lowest BCUT2D eigenvalue weighted by Crippen LogP contribution is -2.33. The second-order valence-corrected chi connectivity index (χ2v) is 4.47. The summed E-state index contributed by atoms with van der Waals surface area (Å²) in [6.45, 7) is 3.87. The molecule has 0 bridgehead atoms. The number of hydrogen-bond acceptors (Lipinski definition) is 5. The summed E-state index contributed by atoms with van der Waals surface area (Å²) in [6, 6.07) is 1.77. The Morgan fingerprint density at radius 2 is 2.37 bits per heavy atom. The molecule has 7 nitrogen and oxygen atoms in total. The summed E-state index contributed by atoms with van der Waals surface area (Å²) in [5, 5.41) is 15.7.